The molecule has 4 heteroatoms. The first-order valence-electron chi connectivity index (χ1n) is 8.37. The molecular weight excluding hydrogens is 278 g/mol. The van der Waals surface area contributed by atoms with E-state index in [1.807, 2.05) is 23.1 Å². The fourth-order valence-electron chi connectivity index (χ4n) is 3.59. The first-order valence-corrected chi connectivity index (χ1v) is 8.37. The molecule has 2 unspecified atom stereocenters. The summed E-state index contributed by atoms with van der Waals surface area (Å²) < 4.78 is 5.27. The molecule has 1 aromatic rings. The summed E-state index contributed by atoms with van der Waals surface area (Å²) in [4.78, 5) is 14.0. The van der Waals surface area contributed by atoms with Crippen molar-refractivity contribution in [1.82, 2.24) is 4.90 Å². The van der Waals surface area contributed by atoms with Gasteiger partial charge >= 0.3 is 0 Å². The summed E-state index contributed by atoms with van der Waals surface area (Å²) >= 11 is 0. The van der Waals surface area contributed by atoms with E-state index in [4.69, 9.17) is 4.74 Å². The maximum Gasteiger partial charge on any atom is 0.222 e. The number of ether oxygens (including phenoxy) is 1. The number of benzene rings is 1. The molecular formula is C18H25NO3. The molecule has 2 atom stereocenters. The summed E-state index contributed by atoms with van der Waals surface area (Å²) in [5, 5.41) is 10.5. The van der Waals surface area contributed by atoms with Gasteiger partial charge in [-0.1, -0.05) is 24.3 Å². The third-order valence-electron chi connectivity index (χ3n) is 4.93. The van der Waals surface area contributed by atoms with Crippen LogP contribution in [0.25, 0.3) is 0 Å². The number of morpholine rings is 1. The molecule has 0 saturated carbocycles. The Labute approximate surface area is 132 Å². The van der Waals surface area contributed by atoms with E-state index in [-0.39, 0.29) is 17.9 Å². The van der Waals surface area contributed by atoms with E-state index in [9.17, 15) is 9.90 Å². The molecule has 1 aromatic carbocycles. The van der Waals surface area contributed by atoms with Crippen LogP contribution < -0.4 is 0 Å². The Morgan fingerprint density at radius 2 is 2.05 bits per heavy atom. The van der Waals surface area contributed by atoms with Crippen molar-refractivity contribution in [2.45, 2.75) is 38.2 Å². The molecule has 3 rings (SSSR count). The van der Waals surface area contributed by atoms with Crippen molar-refractivity contribution in [3.8, 4) is 0 Å². The van der Waals surface area contributed by atoms with Crippen molar-refractivity contribution in [2.75, 3.05) is 26.3 Å². The number of aryl methyl sites for hydroxylation is 1. The lowest BCUT2D eigenvalue weighted by Gasteiger charge is -2.30. The van der Waals surface area contributed by atoms with Gasteiger partial charge in [0.2, 0.25) is 5.91 Å². The average molecular weight is 303 g/mol. The van der Waals surface area contributed by atoms with Gasteiger partial charge in [-0.2, -0.15) is 0 Å². The van der Waals surface area contributed by atoms with Crippen LogP contribution in [0.1, 0.15) is 42.9 Å². The van der Waals surface area contributed by atoms with Gasteiger partial charge in [-0.05, 0) is 42.7 Å². The van der Waals surface area contributed by atoms with Crippen LogP contribution in [-0.4, -0.2) is 42.2 Å². The van der Waals surface area contributed by atoms with Gasteiger partial charge in [0.1, 0.15) is 0 Å². The molecule has 1 heterocycles. The SMILES string of the molecule is O=C(CCCC1CCc2ccccc2C1O)N1CCOCC1. The van der Waals surface area contributed by atoms with Gasteiger partial charge in [-0.15, -0.1) is 0 Å². The third-order valence-corrected chi connectivity index (χ3v) is 4.93. The van der Waals surface area contributed by atoms with Crippen molar-refractivity contribution in [3.05, 3.63) is 35.4 Å². The van der Waals surface area contributed by atoms with Gasteiger partial charge in [0.25, 0.3) is 0 Å². The molecule has 2 aliphatic rings. The molecule has 0 spiro atoms. The van der Waals surface area contributed by atoms with Gasteiger partial charge in [-0.25, -0.2) is 0 Å². The Hall–Kier alpha value is -1.39. The smallest absolute Gasteiger partial charge is 0.222 e. The van der Waals surface area contributed by atoms with Crippen LogP contribution >= 0.6 is 0 Å². The number of hydrogen-bond donors (Lipinski definition) is 1. The van der Waals surface area contributed by atoms with Crippen molar-refractivity contribution in [2.24, 2.45) is 5.92 Å². The third kappa shape index (κ3) is 3.50. The number of nitrogens with zero attached hydrogens (tertiary/aromatic N) is 1. The largest absolute Gasteiger partial charge is 0.388 e. The highest BCUT2D eigenvalue weighted by molar-refractivity contribution is 5.76. The normalized spacial score (nSPS) is 24.9. The maximum atomic E-state index is 12.1. The van der Waals surface area contributed by atoms with Crippen LogP contribution in [0, 0.1) is 5.92 Å². The van der Waals surface area contributed by atoms with E-state index in [0.717, 1.165) is 44.3 Å². The summed E-state index contributed by atoms with van der Waals surface area (Å²) in [6.45, 7) is 2.75. The Morgan fingerprint density at radius 3 is 2.86 bits per heavy atom. The van der Waals surface area contributed by atoms with Gasteiger partial charge in [0.05, 0.1) is 19.3 Å². The number of carbonyl (C=O) groups is 1. The molecule has 1 fully saturated rings. The second kappa shape index (κ2) is 7.25. The zero-order valence-corrected chi connectivity index (χ0v) is 13.0. The fourth-order valence-corrected chi connectivity index (χ4v) is 3.59. The average Bonchev–Trinajstić information content (AvgIpc) is 2.58. The fraction of sp³-hybridized carbons (Fsp3) is 0.611. The van der Waals surface area contributed by atoms with Gasteiger partial charge in [0, 0.05) is 19.5 Å². The Balaban J connectivity index is 1.47. The topological polar surface area (TPSA) is 49.8 Å². The molecule has 1 amide bonds. The van der Waals surface area contributed by atoms with Crippen LogP contribution in [0.15, 0.2) is 24.3 Å². The number of aliphatic hydroxyl groups excluding tert-OH is 1. The summed E-state index contributed by atoms with van der Waals surface area (Å²) in [5.41, 5.74) is 2.36. The van der Waals surface area contributed by atoms with Crippen LogP contribution in [0.3, 0.4) is 0 Å². The first-order chi connectivity index (χ1) is 10.8. The van der Waals surface area contributed by atoms with Crippen molar-refractivity contribution < 1.29 is 14.6 Å². The van der Waals surface area contributed by atoms with E-state index < -0.39 is 0 Å². The molecule has 22 heavy (non-hydrogen) atoms. The molecule has 120 valence electrons. The van der Waals surface area contributed by atoms with Crippen LogP contribution in [0.2, 0.25) is 0 Å². The van der Waals surface area contributed by atoms with E-state index in [0.29, 0.717) is 19.6 Å². The number of aliphatic hydroxyl groups is 1. The quantitative estimate of drug-likeness (QED) is 0.928. The van der Waals surface area contributed by atoms with Crippen molar-refractivity contribution in [1.29, 1.82) is 0 Å². The van der Waals surface area contributed by atoms with E-state index in [1.165, 1.54) is 5.56 Å². The number of carbonyl (C=O) groups excluding carboxylic acids is 1. The molecule has 1 saturated heterocycles. The van der Waals surface area contributed by atoms with E-state index >= 15 is 0 Å². The summed E-state index contributed by atoms with van der Waals surface area (Å²) in [6, 6.07) is 8.17. The Bertz CT molecular complexity index is 511. The predicted molar refractivity (Wildman–Crippen MR) is 84.5 cm³/mol. The van der Waals surface area contributed by atoms with Crippen LogP contribution in [0.4, 0.5) is 0 Å². The summed E-state index contributed by atoms with van der Waals surface area (Å²) in [6.07, 6.45) is 4.05. The molecule has 4 nitrogen and oxygen atoms in total. The Kier molecular flexibility index (Phi) is 5.11. The predicted octanol–water partition coefficient (Wildman–Crippen LogP) is 2.31. The molecule has 0 radical (unpaired) electrons. The van der Waals surface area contributed by atoms with Crippen molar-refractivity contribution >= 4 is 5.91 Å². The number of rotatable bonds is 4. The zero-order valence-electron chi connectivity index (χ0n) is 13.0. The molecule has 1 N–H and O–H groups in total. The summed E-state index contributed by atoms with van der Waals surface area (Å²) in [5.74, 6) is 0.515. The molecule has 1 aliphatic carbocycles. The molecule has 0 bridgehead atoms. The summed E-state index contributed by atoms with van der Waals surface area (Å²) in [7, 11) is 0. The molecule has 1 aliphatic heterocycles. The van der Waals surface area contributed by atoms with E-state index in [1.54, 1.807) is 0 Å². The minimum absolute atomic E-state index is 0.231. The van der Waals surface area contributed by atoms with Crippen molar-refractivity contribution in [3.63, 3.8) is 0 Å². The monoisotopic (exact) mass is 303 g/mol. The second-order valence-corrected chi connectivity index (χ2v) is 6.33. The minimum atomic E-state index is -0.372. The van der Waals surface area contributed by atoms with Gasteiger partial charge < -0.3 is 14.7 Å². The minimum Gasteiger partial charge on any atom is -0.388 e. The highest BCUT2D eigenvalue weighted by Crippen LogP contribution is 2.36. The van der Waals surface area contributed by atoms with Crippen LogP contribution in [0.5, 0.6) is 0 Å². The molecule has 0 aromatic heterocycles. The highest BCUT2D eigenvalue weighted by Gasteiger charge is 2.27. The standard InChI is InChI=1S/C18H25NO3/c20-17(19-10-12-22-13-11-19)7-3-5-15-9-8-14-4-1-2-6-16(14)18(15)21/h1-2,4,6,15,18,21H,3,5,7-13H2. The maximum absolute atomic E-state index is 12.1. The number of fused-ring (bicyclic) bond motifs is 1. The lowest BCUT2D eigenvalue weighted by molar-refractivity contribution is -0.135. The van der Waals surface area contributed by atoms with Crippen LogP contribution in [-0.2, 0) is 16.0 Å². The van der Waals surface area contributed by atoms with Gasteiger partial charge in [-0.3, -0.25) is 4.79 Å². The lowest BCUT2D eigenvalue weighted by atomic mass is 9.79. The Morgan fingerprint density at radius 1 is 1.27 bits per heavy atom. The second-order valence-electron chi connectivity index (χ2n) is 6.33. The first kappa shape index (κ1) is 15.5. The lowest BCUT2D eigenvalue weighted by Crippen LogP contribution is -2.40. The highest BCUT2D eigenvalue weighted by atomic mass is 16.5. The zero-order chi connectivity index (χ0) is 15.4. The number of amides is 1. The number of hydrogen-bond acceptors (Lipinski definition) is 3. The van der Waals surface area contributed by atoms with Gasteiger partial charge in [0.15, 0.2) is 0 Å². The van der Waals surface area contributed by atoms with E-state index in [2.05, 4.69) is 6.07 Å².